The zero-order valence-corrected chi connectivity index (χ0v) is 13.6. The quantitative estimate of drug-likeness (QED) is 0.909. The molecule has 0 spiro atoms. The Morgan fingerprint density at radius 3 is 3.10 bits per heavy atom. The summed E-state index contributed by atoms with van der Waals surface area (Å²) in [6.45, 7) is 4.19. The number of carbonyl (C=O) groups is 1. The van der Waals surface area contributed by atoms with Gasteiger partial charge in [0.1, 0.15) is 0 Å². The lowest BCUT2D eigenvalue weighted by molar-refractivity contribution is -0.113. The van der Waals surface area contributed by atoms with E-state index < -0.39 is 0 Å². The van der Waals surface area contributed by atoms with Crippen LogP contribution in [0.25, 0.3) is 10.2 Å². The molecule has 0 atom stereocenters. The van der Waals surface area contributed by atoms with Gasteiger partial charge in [-0.05, 0) is 50.6 Å². The zero-order valence-electron chi connectivity index (χ0n) is 12.0. The largest absolute Gasteiger partial charge is 0.317 e. The van der Waals surface area contributed by atoms with Gasteiger partial charge in [0.05, 0.1) is 16.0 Å². The molecule has 1 saturated heterocycles. The number of hydrogen-bond donors (Lipinski definition) is 2. The van der Waals surface area contributed by atoms with Crippen LogP contribution < -0.4 is 10.6 Å². The summed E-state index contributed by atoms with van der Waals surface area (Å²) < 4.78 is 1.12. The van der Waals surface area contributed by atoms with Crippen LogP contribution in [0.2, 0.25) is 0 Å². The Labute approximate surface area is 132 Å². The first-order valence-corrected chi connectivity index (χ1v) is 9.06. The highest BCUT2D eigenvalue weighted by Gasteiger charge is 2.15. The van der Waals surface area contributed by atoms with Crippen molar-refractivity contribution in [2.75, 3.05) is 24.2 Å². The average Bonchev–Trinajstić information content (AvgIpc) is 2.87. The van der Waals surface area contributed by atoms with Gasteiger partial charge < -0.3 is 10.6 Å². The van der Waals surface area contributed by atoms with Gasteiger partial charge in [-0.3, -0.25) is 4.79 Å². The van der Waals surface area contributed by atoms with Crippen LogP contribution >= 0.6 is 23.1 Å². The number of thioether (sulfide) groups is 1. The molecule has 112 valence electrons. The summed E-state index contributed by atoms with van der Waals surface area (Å²) in [5, 5.41) is 7.57. The van der Waals surface area contributed by atoms with E-state index in [1.165, 1.54) is 16.9 Å². The van der Waals surface area contributed by atoms with Crippen LogP contribution in [0.3, 0.4) is 0 Å². The number of anilines is 1. The number of benzene rings is 1. The SMILES string of the molecule is Cc1ccc2nc(NC(=O)CSC3CCNCC3)sc2c1. The monoisotopic (exact) mass is 321 g/mol. The standard InChI is InChI=1S/C15H19N3OS2/c1-10-2-3-12-13(8-10)21-15(17-12)18-14(19)9-20-11-4-6-16-7-5-11/h2-3,8,11,16H,4-7,9H2,1H3,(H,17,18,19). The first-order chi connectivity index (χ1) is 10.2. The first-order valence-electron chi connectivity index (χ1n) is 7.20. The molecule has 21 heavy (non-hydrogen) atoms. The Kier molecular flexibility index (Phi) is 4.77. The maximum absolute atomic E-state index is 12.0. The summed E-state index contributed by atoms with van der Waals surface area (Å²) in [4.78, 5) is 16.5. The third-order valence-corrected chi connectivity index (χ3v) is 5.83. The lowest BCUT2D eigenvalue weighted by atomic mass is 10.2. The van der Waals surface area contributed by atoms with Crippen LogP contribution in [-0.4, -0.2) is 35.0 Å². The highest BCUT2D eigenvalue weighted by Crippen LogP contribution is 2.27. The van der Waals surface area contributed by atoms with Gasteiger partial charge in [0, 0.05) is 5.25 Å². The summed E-state index contributed by atoms with van der Waals surface area (Å²) in [5.41, 5.74) is 2.16. The van der Waals surface area contributed by atoms with Crippen molar-refractivity contribution >= 4 is 44.4 Å². The molecule has 3 rings (SSSR count). The zero-order chi connectivity index (χ0) is 14.7. The van der Waals surface area contributed by atoms with Gasteiger partial charge in [-0.2, -0.15) is 0 Å². The molecule has 2 aromatic rings. The smallest absolute Gasteiger partial charge is 0.236 e. The fourth-order valence-electron chi connectivity index (χ4n) is 2.40. The summed E-state index contributed by atoms with van der Waals surface area (Å²) in [7, 11) is 0. The molecule has 0 radical (unpaired) electrons. The number of nitrogens with zero attached hydrogens (tertiary/aromatic N) is 1. The number of thiazole rings is 1. The molecule has 0 unspecified atom stereocenters. The van der Waals surface area contributed by atoms with Gasteiger partial charge >= 0.3 is 0 Å². The molecule has 0 saturated carbocycles. The third-order valence-electron chi connectivity index (χ3n) is 3.53. The second-order valence-corrected chi connectivity index (χ2v) is 7.62. The molecular weight excluding hydrogens is 302 g/mol. The van der Waals surface area contributed by atoms with E-state index in [0.717, 1.165) is 36.1 Å². The Balaban J connectivity index is 1.55. The normalized spacial score (nSPS) is 16.2. The fraction of sp³-hybridized carbons (Fsp3) is 0.467. The first kappa shape index (κ1) is 14.8. The number of hydrogen-bond acceptors (Lipinski definition) is 5. The van der Waals surface area contributed by atoms with E-state index >= 15 is 0 Å². The average molecular weight is 321 g/mol. The number of aryl methyl sites for hydroxylation is 1. The molecule has 2 N–H and O–H groups in total. The highest BCUT2D eigenvalue weighted by molar-refractivity contribution is 8.00. The van der Waals surface area contributed by atoms with E-state index in [9.17, 15) is 4.79 Å². The number of fused-ring (bicyclic) bond motifs is 1. The summed E-state index contributed by atoms with van der Waals surface area (Å²) in [6.07, 6.45) is 2.30. The van der Waals surface area contributed by atoms with E-state index in [2.05, 4.69) is 28.6 Å². The van der Waals surface area contributed by atoms with Crippen LogP contribution in [0, 0.1) is 6.92 Å². The highest BCUT2D eigenvalue weighted by atomic mass is 32.2. The van der Waals surface area contributed by atoms with Crippen LogP contribution in [0.5, 0.6) is 0 Å². The molecule has 1 aliphatic rings. The number of nitrogens with one attached hydrogen (secondary N) is 2. The topological polar surface area (TPSA) is 54.0 Å². The minimum absolute atomic E-state index is 0.0503. The van der Waals surface area contributed by atoms with Gasteiger partial charge in [-0.15, -0.1) is 11.8 Å². The van der Waals surface area contributed by atoms with E-state index in [1.807, 2.05) is 12.1 Å². The van der Waals surface area contributed by atoms with Gasteiger partial charge in [-0.25, -0.2) is 4.98 Å². The Morgan fingerprint density at radius 1 is 1.48 bits per heavy atom. The van der Waals surface area contributed by atoms with E-state index in [0.29, 0.717) is 16.1 Å². The number of rotatable bonds is 4. The van der Waals surface area contributed by atoms with Crippen molar-refractivity contribution in [2.45, 2.75) is 25.0 Å². The number of carbonyl (C=O) groups excluding carboxylic acids is 1. The van der Waals surface area contributed by atoms with Crippen molar-refractivity contribution in [2.24, 2.45) is 0 Å². The van der Waals surface area contributed by atoms with Crippen molar-refractivity contribution in [3.05, 3.63) is 23.8 Å². The maximum atomic E-state index is 12.0. The lowest BCUT2D eigenvalue weighted by Gasteiger charge is -2.21. The summed E-state index contributed by atoms with van der Waals surface area (Å²) in [6, 6.07) is 6.15. The molecular formula is C15H19N3OS2. The molecule has 0 aliphatic carbocycles. The predicted molar refractivity (Wildman–Crippen MR) is 91.3 cm³/mol. The molecule has 2 heterocycles. The summed E-state index contributed by atoms with van der Waals surface area (Å²) in [5.74, 6) is 0.564. The third kappa shape index (κ3) is 3.96. The van der Waals surface area contributed by atoms with Crippen molar-refractivity contribution in [3.8, 4) is 0 Å². The molecule has 1 fully saturated rings. The van der Waals surface area contributed by atoms with Gasteiger partial charge in [-0.1, -0.05) is 17.4 Å². The maximum Gasteiger partial charge on any atom is 0.236 e. The fourth-order valence-corrected chi connectivity index (χ4v) is 4.40. The van der Waals surface area contributed by atoms with Crippen LogP contribution in [0.4, 0.5) is 5.13 Å². The van der Waals surface area contributed by atoms with E-state index in [4.69, 9.17) is 0 Å². The van der Waals surface area contributed by atoms with Crippen molar-refractivity contribution in [3.63, 3.8) is 0 Å². The molecule has 6 heteroatoms. The van der Waals surface area contributed by atoms with Gasteiger partial charge in [0.2, 0.25) is 5.91 Å². The number of amides is 1. The molecule has 1 amide bonds. The minimum Gasteiger partial charge on any atom is -0.317 e. The molecule has 1 aliphatic heterocycles. The molecule has 1 aromatic carbocycles. The van der Waals surface area contributed by atoms with Crippen molar-refractivity contribution in [1.29, 1.82) is 0 Å². The minimum atomic E-state index is 0.0503. The lowest BCUT2D eigenvalue weighted by Crippen LogP contribution is -2.30. The molecule has 4 nitrogen and oxygen atoms in total. The second kappa shape index (κ2) is 6.77. The second-order valence-electron chi connectivity index (χ2n) is 5.30. The Hall–Kier alpha value is -1.11. The van der Waals surface area contributed by atoms with Gasteiger partial charge in [0.25, 0.3) is 0 Å². The Bertz CT molecular complexity index is 635. The van der Waals surface area contributed by atoms with Crippen LogP contribution in [0.15, 0.2) is 18.2 Å². The van der Waals surface area contributed by atoms with E-state index in [-0.39, 0.29) is 5.91 Å². The van der Waals surface area contributed by atoms with Crippen molar-refractivity contribution in [1.82, 2.24) is 10.3 Å². The van der Waals surface area contributed by atoms with E-state index in [1.54, 1.807) is 11.8 Å². The predicted octanol–water partition coefficient (Wildman–Crippen LogP) is 3.03. The van der Waals surface area contributed by atoms with Crippen LogP contribution in [0.1, 0.15) is 18.4 Å². The van der Waals surface area contributed by atoms with Crippen LogP contribution in [-0.2, 0) is 4.79 Å². The molecule has 1 aromatic heterocycles. The number of aromatic nitrogens is 1. The number of piperidine rings is 1. The molecule has 0 bridgehead atoms. The van der Waals surface area contributed by atoms with Gasteiger partial charge in [0.15, 0.2) is 5.13 Å². The van der Waals surface area contributed by atoms with Crippen molar-refractivity contribution < 1.29 is 4.79 Å². The Morgan fingerprint density at radius 2 is 2.29 bits per heavy atom. The summed E-state index contributed by atoms with van der Waals surface area (Å²) >= 11 is 3.30.